The van der Waals surface area contributed by atoms with Crippen LogP contribution in [-0.4, -0.2) is 14.4 Å². The van der Waals surface area contributed by atoms with E-state index in [9.17, 15) is 0 Å². The summed E-state index contributed by atoms with van der Waals surface area (Å²) in [6.07, 6.45) is 12.2. The quantitative estimate of drug-likeness (QED) is 0.473. The van der Waals surface area contributed by atoms with Crippen molar-refractivity contribution in [1.82, 2.24) is 0 Å². The second-order valence-electron chi connectivity index (χ2n) is 5.37. The van der Waals surface area contributed by atoms with Crippen LogP contribution in [0.4, 0.5) is 0 Å². The van der Waals surface area contributed by atoms with Crippen LogP contribution in [0, 0.1) is 5.92 Å². The Morgan fingerprint density at radius 1 is 1.14 bits per heavy atom. The molecule has 1 heterocycles. The Morgan fingerprint density at radius 3 is 2.50 bits per heavy atom. The first-order valence-electron chi connectivity index (χ1n) is 6.02. The molecule has 1 nitrogen and oxygen atoms in total. The highest BCUT2D eigenvalue weighted by molar-refractivity contribution is 6.71. The summed E-state index contributed by atoms with van der Waals surface area (Å²) >= 11 is 0. The monoisotopic (exact) mass is 210 g/mol. The third-order valence-electron chi connectivity index (χ3n) is 3.50. The van der Waals surface area contributed by atoms with Crippen molar-refractivity contribution in [1.29, 1.82) is 0 Å². The largest absolute Gasteiger partial charge is 0.410 e. The van der Waals surface area contributed by atoms with Gasteiger partial charge in [0.25, 0.3) is 0 Å². The Morgan fingerprint density at radius 2 is 1.86 bits per heavy atom. The van der Waals surface area contributed by atoms with E-state index in [0.717, 1.165) is 5.92 Å². The average molecular weight is 210 g/mol. The van der Waals surface area contributed by atoms with Crippen LogP contribution in [0.15, 0.2) is 12.2 Å². The zero-order valence-electron chi connectivity index (χ0n) is 9.46. The lowest BCUT2D eigenvalue weighted by atomic mass is 9.85. The van der Waals surface area contributed by atoms with Crippen LogP contribution < -0.4 is 0 Å². The third-order valence-corrected chi connectivity index (χ3v) is 5.63. The highest BCUT2D eigenvalue weighted by Gasteiger charge is 2.32. The summed E-state index contributed by atoms with van der Waals surface area (Å²) in [5.41, 5.74) is 0. The minimum atomic E-state index is -1.32. The second-order valence-corrected chi connectivity index (χ2v) is 9.54. The van der Waals surface area contributed by atoms with Gasteiger partial charge in [-0.2, -0.15) is 0 Å². The van der Waals surface area contributed by atoms with E-state index in [4.69, 9.17) is 4.43 Å². The van der Waals surface area contributed by atoms with Gasteiger partial charge in [0.1, 0.15) is 0 Å². The van der Waals surface area contributed by atoms with E-state index in [-0.39, 0.29) is 0 Å². The van der Waals surface area contributed by atoms with Gasteiger partial charge >= 0.3 is 0 Å². The molecular formula is C12H22OSi. The van der Waals surface area contributed by atoms with E-state index in [1.54, 1.807) is 0 Å². The first-order chi connectivity index (χ1) is 6.67. The van der Waals surface area contributed by atoms with Gasteiger partial charge in [0.15, 0.2) is 8.32 Å². The van der Waals surface area contributed by atoms with E-state index in [0.29, 0.717) is 6.10 Å². The predicted octanol–water partition coefficient (Wildman–Crippen LogP) is 3.73. The molecule has 1 aliphatic heterocycles. The molecule has 2 aliphatic rings. The van der Waals surface area contributed by atoms with E-state index >= 15 is 0 Å². The average Bonchev–Trinajstić information content (AvgIpc) is 2.18. The Bertz CT molecular complexity index is 216. The van der Waals surface area contributed by atoms with E-state index in [1.807, 2.05) is 0 Å². The van der Waals surface area contributed by atoms with Gasteiger partial charge in [-0.1, -0.05) is 31.4 Å². The van der Waals surface area contributed by atoms with Gasteiger partial charge in [0.05, 0.1) is 6.10 Å². The molecule has 1 aliphatic carbocycles. The second kappa shape index (κ2) is 4.19. The summed E-state index contributed by atoms with van der Waals surface area (Å²) in [6.45, 7) is 4.68. The van der Waals surface area contributed by atoms with Crippen molar-refractivity contribution in [2.75, 3.05) is 0 Å². The van der Waals surface area contributed by atoms with E-state index in [2.05, 4.69) is 25.2 Å². The van der Waals surface area contributed by atoms with Crippen molar-refractivity contribution < 1.29 is 4.43 Å². The van der Waals surface area contributed by atoms with Gasteiger partial charge in [-0.15, -0.1) is 0 Å². The van der Waals surface area contributed by atoms with Crippen LogP contribution >= 0.6 is 0 Å². The first-order valence-corrected chi connectivity index (χ1v) is 9.13. The molecule has 80 valence electrons. The fraction of sp³-hybridized carbons (Fsp3) is 0.833. The smallest absolute Gasteiger partial charge is 0.191 e. The van der Waals surface area contributed by atoms with Crippen LogP contribution in [0.25, 0.3) is 0 Å². The molecule has 0 amide bonds. The summed E-state index contributed by atoms with van der Waals surface area (Å²) in [5.74, 6) is 0.826. The lowest BCUT2D eigenvalue weighted by molar-refractivity contribution is 0.135. The fourth-order valence-electron chi connectivity index (χ4n) is 2.66. The van der Waals surface area contributed by atoms with Crippen LogP contribution in [0.2, 0.25) is 19.1 Å². The van der Waals surface area contributed by atoms with E-state index < -0.39 is 8.32 Å². The Balaban J connectivity index is 1.96. The molecule has 0 unspecified atom stereocenters. The molecule has 0 aromatic rings. The zero-order valence-corrected chi connectivity index (χ0v) is 10.5. The molecule has 2 heteroatoms. The Kier molecular flexibility index (Phi) is 3.13. The summed E-state index contributed by atoms with van der Waals surface area (Å²) in [6, 6.07) is 1.20. The summed E-state index contributed by atoms with van der Waals surface area (Å²) in [4.78, 5) is 0. The van der Waals surface area contributed by atoms with Crippen molar-refractivity contribution in [2.45, 2.75) is 57.3 Å². The normalized spacial score (nSPS) is 33.1. The van der Waals surface area contributed by atoms with Crippen LogP contribution in [0.5, 0.6) is 0 Å². The number of allylic oxidation sites excluding steroid dienone is 1. The Labute approximate surface area is 88.7 Å². The van der Waals surface area contributed by atoms with Crippen molar-refractivity contribution in [3.8, 4) is 0 Å². The molecule has 0 N–H and O–H groups in total. The molecule has 0 spiro atoms. The maximum Gasteiger partial charge on any atom is 0.191 e. The lowest BCUT2D eigenvalue weighted by Gasteiger charge is -2.36. The van der Waals surface area contributed by atoms with Crippen LogP contribution in [-0.2, 0) is 4.43 Å². The molecule has 14 heavy (non-hydrogen) atoms. The van der Waals surface area contributed by atoms with Crippen molar-refractivity contribution in [3.63, 3.8) is 0 Å². The van der Waals surface area contributed by atoms with Gasteiger partial charge in [0.2, 0.25) is 0 Å². The van der Waals surface area contributed by atoms with Crippen LogP contribution in [0.3, 0.4) is 0 Å². The predicted molar refractivity (Wildman–Crippen MR) is 62.9 cm³/mol. The molecule has 0 aromatic heterocycles. The van der Waals surface area contributed by atoms with Gasteiger partial charge in [-0.05, 0) is 37.9 Å². The zero-order chi connectivity index (χ0) is 10.0. The van der Waals surface area contributed by atoms with Gasteiger partial charge in [-0.3, -0.25) is 0 Å². The summed E-state index contributed by atoms with van der Waals surface area (Å²) < 4.78 is 6.27. The maximum atomic E-state index is 6.27. The highest BCUT2D eigenvalue weighted by atomic mass is 28.4. The van der Waals surface area contributed by atoms with Gasteiger partial charge in [0, 0.05) is 0 Å². The lowest BCUT2D eigenvalue weighted by Crippen LogP contribution is -2.40. The van der Waals surface area contributed by atoms with Gasteiger partial charge < -0.3 is 4.43 Å². The molecule has 2 rings (SSSR count). The molecule has 0 saturated heterocycles. The van der Waals surface area contributed by atoms with E-state index in [1.165, 1.54) is 38.1 Å². The van der Waals surface area contributed by atoms with Crippen molar-refractivity contribution >= 4 is 8.32 Å². The molecule has 1 atom stereocenters. The summed E-state index contributed by atoms with van der Waals surface area (Å²) in [5, 5.41) is 0. The van der Waals surface area contributed by atoms with Crippen molar-refractivity contribution in [2.24, 2.45) is 5.92 Å². The SMILES string of the molecule is C[Si]1(C)CC=C[C@@H](C2CCCCC2)O1. The molecule has 0 aromatic carbocycles. The van der Waals surface area contributed by atoms with Gasteiger partial charge in [-0.25, -0.2) is 0 Å². The molecule has 1 fully saturated rings. The number of hydrogen-bond acceptors (Lipinski definition) is 1. The molecule has 0 radical (unpaired) electrons. The number of rotatable bonds is 1. The molecular weight excluding hydrogens is 188 g/mol. The van der Waals surface area contributed by atoms with Crippen LogP contribution in [0.1, 0.15) is 32.1 Å². The number of hydrogen-bond donors (Lipinski definition) is 0. The van der Waals surface area contributed by atoms with Crippen molar-refractivity contribution in [3.05, 3.63) is 12.2 Å². The molecule has 0 bridgehead atoms. The minimum absolute atomic E-state index is 0.464. The fourth-order valence-corrected chi connectivity index (χ4v) is 4.47. The standard InChI is InChI=1S/C12H22OSi/c1-14(2)10-6-9-12(13-14)11-7-4-3-5-8-11/h6,9,11-12H,3-5,7-8,10H2,1-2H3/t12-/m0/s1. The summed E-state index contributed by atoms with van der Waals surface area (Å²) in [7, 11) is -1.32. The first kappa shape index (κ1) is 10.4. The third kappa shape index (κ3) is 2.48. The minimum Gasteiger partial charge on any atom is -0.410 e. The topological polar surface area (TPSA) is 9.23 Å². The Hall–Kier alpha value is -0.0831. The maximum absolute atomic E-state index is 6.27. The molecule has 1 saturated carbocycles. The highest BCUT2D eigenvalue weighted by Crippen LogP contribution is 2.33.